The van der Waals surface area contributed by atoms with Crippen molar-refractivity contribution in [2.75, 3.05) is 5.73 Å². The lowest BCUT2D eigenvalue weighted by Gasteiger charge is -2.07. The van der Waals surface area contributed by atoms with E-state index in [1.54, 1.807) is 12.1 Å². The molecule has 0 spiro atoms. The maximum absolute atomic E-state index is 12.4. The Bertz CT molecular complexity index is 767. The number of nitrogens with zero attached hydrogens (tertiary/aromatic N) is 1. The van der Waals surface area contributed by atoms with Gasteiger partial charge in [-0.05, 0) is 25.1 Å². The predicted molar refractivity (Wildman–Crippen MR) is 74.1 cm³/mol. The summed E-state index contributed by atoms with van der Waals surface area (Å²) in [7, 11) is -3.87. The van der Waals surface area contributed by atoms with Gasteiger partial charge in [-0.15, -0.1) is 0 Å². The molecule has 20 heavy (non-hydrogen) atoms. The molecule has 2 aromatic rings. The number of nitrogen functional groups attached to an aromatic ring is 1. The molecule has 0 aliphatic carbocycles. The normalized spacial score (nSPS) is 11.2. The number of anilines is 1. The summed E-state index contributed by atoms with van der Waals surface area (Å²) < 4.78 is 24.9. The topological polar surface area (TPSA) is 103 Å². The highest BCUT2D eigenvalue weighted by Crippen LogP contribution is 2.29. The molecule has 0 radical (unpaired) electrons. The monoisotopic (exact) mass is 292 g/mol. The fraction of sp³-hybridized carbons (Fsp3) is 0.0769. The van der Waals surface area contributed by atoms with E-state index in [4.69, 9.17) is 5.73 Å². The van der Waals surface area contributed by atoms with Crippen LogP contribution in [0.3, 0.4) is 0 Å². The second-order valence-corrected chi connectivity index (χ2v) is 6.21. The lowest BCUT2D eigenvalue weighted by atomic mass is 10.2. The van der Waals surface area contributed by atoms with Crippen molar-refractivity contribution in [2.45, 2.75) is 16.7 Å². The number of nitro groups is 1. The third-order valence-electron chi connectivity index (χ3n) is 2.83. The Morgan fingerprint density at radius 3 is 2.25 bits per heavy atom. The van der Waals surface area contributed by atoms with Gasteiger partial charge in [-0.1, -0.05) is 17.7 Å². The van der Waals surface area contributed by atoms with E-state index >= 15 is 0 Å². The van der Waals surface area contributed by atoms with E-state index in [9.17, 15) is 18.5 Å². The molecule has 6 nitrogen and oxygen atoms in total. The van der Waals surface area contributed by atoms with Crippen LogP contribution in [0.25, 0.3) is 0 Å². The van der Waals surface area contributed by atoms with Crippen LogP contribution in [0.15, 0.2) is 52.3 Å². The van der Waals surface area contributed by atoms with Crippen molar-refractivity contribution >= 4 is 21.2 Å². The molecule has 0 aromatic heterocycles. The average molecular weight is 292 g/mol. The molecular weight excluding hydrogens is 280 g/mol. The van der Waals surface area contributed by atoms with Gasteiger partial charge in [0, 0.05) is 12.1 Å². The summed E-state index contributed by atoms with van der Waals surface area (Å²) in [5.41, 5.74) is 6.22. The number of aryl methyl sites for hydroxylation is 1. The van der Waals surface area contributed by atoms with Crippen LogP contribution in [0.5, 0.6) is 0 Å². The van der Waals surface area contributed by atoms with Gasteiger partial charge in [-0.25, -0.2) is 8.42 Å². The van der Waals surface area contributed by atoms with Gasteiger partial charge in [-0.2, -0.15) is 0 Å². The van der Waals surface area contributed by atoms with Crippen LogP contribution in [0.2, 0.25) is 0 Å². The Kier molecular flexibility index (Phi) is 3.46. The summed E-state index contributed by atoms with van der Waals surface area (Å²) in [6.45, 7) is 1.83. The summed E-state index contributed by atoms with van der Waals surface area (Å²) in [5, 5.41) is 10.7. The van der Waals surface area contributed by atoms with E-state index in [1.807, 2.05) is 6.92 Å². The van der Waals surface area contributed by atoms with Crippen LogP contribution in [-0.4, -0.2) is 13.3 Å². The zero-order chi connectivity index (χ0) is 14.9. The molecule has 2 rings (SSSR count). The van der Waals surface area contributed by atoms with Gasteiger partial charge in [0.15, 0.2) is 0 Å². The molecule has 0 bridgehead atoms. The number of hydrogen-bond donors (Lipinski definition) is 1. The van der Waals surface area contributed by atoms with Crippen molar-refractivity contribution in [1.82, 2.24) is 0 Å². The van der Waals surface area contributed by atoms with Crippen molar-refractivity contribution in [3.8, 4) is 0 Å². The Morgan fingerprint density at radius 1 is 1.10 bits per heavy atom. The van der Waals surface area contributed by atoms with Crippen molar-refractivity contribution in [3.05, 3.63) is 58.1 Å². The van der Waals surface area contributed by atoms with Crippen LogP contribution in [0.4, 0.5) is 11.4 Å². The number of rotatable bonds is 3. The van der Waals surface area contributed by atoms with Crippen molar-refractivity contribution in [3.63, 3.8) is 0 Å². The molecule has 0 unspecified atom stereocenters. The van der Waals surface area contributed by atoms with Gasteiger partial charge in [0.25, 0.3) is 5.69 Å². The summed E-state index contributed by atoms with van der Waals surface area (Å²) in [5.74, 6) is 0. The van der Waals surface area contributed by atoms with E-state index in [0.29, 0.717) is 0 Å². The van der Waals surface area contributed by atoms with Gasteiger partial charge < -0.3 is 5.73 Å². The van der Waals surface area contributed by atoms with Crippen LogP contribution in [-0.2, 0) is 9.84 Å². The summed E-state index contributed by atoms with van der Waals surface area (Å²) in [6, 6.07) is 9.57. The molecule has 7 heteroatoms. The summed E-state index contributed by atoms with van der Waals surface area (Å²) in [4.78, 5) is 9.88. The minimum absolute atomic E-state index is 0.0174. The fourth-order valence-electron chi connectivity index (χ4n) is 1.71. The van der Waals surface area contributed by atoms with Crippen LogP contribution in [0, 0.1) is 17.0 Å². The number of nitrogens with two attached hydrogens (primary N) is 1. The lowest BCUT2D eigenvalue weighted by molar-refractivity contribution is -0.385. The first kappa shape index (κ1) is 14.0. The zero-order valence-corrected chi connectivity index (χ0v) is 11.4. The van der Waals surface area contributed by atoms with Gasteiger partial charge in [0.1, 0.15) is 4.90 Å². The van der Waals surface area contributed by atoms with E-state index in [2.05, 4.69) is 0 Å². The molecule has 0 aliphatic heterocycles. The quantitative estimate of drug-likeness (QED) is 0.531. The molecule has 0 fully saturated rings. The highest BCUT2D eigenvalue weighted by Gasteiger charge is 2.23. The third-order valence-corrected chi connectivity index (χ3v) is 4.65. The van der Waals surface area contributed by atoms with E-state index in [-0.39, 0.29) is 21.2 Å². The molecule has 104 valence electrons. The molecule has 0 saturated heterocycles. The Labute approximate surface area is 115 Å². The third kappa shape index (κ3) is 2.48. The van der Waals surface area contributed by atoms with Crippen LogP contribution in [0.1, 0.15) is 5.56 Å². The highest BCUT2D eigenvalue weighted by atomic mass is 32.2. The lowest BCUT2D eigenvalue weighted by Crippen LogP contribution is -2.06. The van der Waals surface area contributed by atoms with E-state index < -0.39 is 14.8 Å². The van der Waals surface area contributed by atoms with Gasteiger partial charge in [0.05, 0.1) is 15.5 Å². The second kappa shape index (κ2) is 4.93. The minimum Gasteiger partial charge on any atom is -0.398 e. The van der Waals surface area contributed by atoms with Crippen molar-refractivity contribution < 1.29 is 13.3 Å². The fourth-order valence-corrected chi connectivity index (χ4v) is 3.12. The largest absolute Gasteiger partial charge is 0.398 e. The van der Waals surface area contributed by atoms with Crippen molar-refractivity contribution in [1.29, 1.82) is 0 Å². The van der Waals surface area contributed by atoms with Crippen LogP contribution < -0.4 is 5.73 Å². The van der Waals surface area contributed by atoms with Gasteiger partial charge in [0.2, 0.25) is 9.84 Å². The molecule has 2 aromatic carbocycles. The zero-order valence-electron chi connectivity index (χ0n) is 10.6. The van der Waals surface area contributed by atoms with Crippen molar-refractivity contribution in [2.24, 2.45) is 0 Å². The Morgan fingerprint density at radius 2 is 1.70 bits per heavy atom. The van der Waals surface area contributed by atoms with E-state index in [1.165, 1.54) is 24.3 Å². The maximum Gasteiger partial charge on any atom is 0.270 e. The molecule has 0 atom stereocenters. The Hall–Kier alpha value is -2.41. The summed E-state index contributed by atoms with van der Waals surface area (Å²) in [6.07, 6.45) is 0. The van der Waals surface area contributed by atoms with E-state index in [0.717, 1.165) is 11.6 Å². The molecule has 0 amide bonds. The first-order valence-electron chi connectivity index (χ1n) is 5.68. The number of non-ortho nitro benzene ring substituents is 1. The molecule has 0 aliphatic rings. The average Bonchev–Trinajstić information content (AvgIpc) is 2.39. The summed E-state index contributed by atoms with van der Waals surface area (Å²) >= 11 is 0. The first-order valence-corrected chi connectivity index (χ1v) is 7.16. The maximum atomic E-state index is 12.4. The first-order chi connectivity index (χ1) is 9.32. The predicted octanol–water partition coefficient (Wildman–Crippen LogP) is 2.32. The Balaban J connectivity index is 2.62. The number of sulfone groups is 1. The second-order valence-electron chi connectivity index (χ2n) is 4.30. The number of benzene rings is 2. The minimum atomic E-state index is -3.87. The molecular formula is C13H12N2O4S. The molecule has 0 saturated carbocycles. The molecule has 2 N–H and O–H groups in total. The standard InChI is InChI=1S/C13H12N2O4S/c1-9-2-5-11(6-3-9)20(18,19)13-8-10(15(16)17)4-7-12(13)14/h2-8H,14H2,1H3. The molecule has 0 heterocycles. The van der Waals surface area contributed by atoms with Gasteiger partial charge >= 0.3 is 0 Å². The van der Waals surface area contributed by atoms with Crippen LogP contribution >= 0.6 is 0 Å². The number of hydrogen-bond acceptors (Lipinski definition) is 5. The van der Waals surface area contributed by atoms with Gasteiger partial charge in [-0.3, -0.25) is 10.1 Å². The smallest absolute Gasteiger partial charge is 0.270 e. The number of nitro benzene ring substituents is 1. The highest BCUT2D eigenvalue weighted by molar-refractivity contribution is 7.91. The SMILES string of the molecule is Cc1ccc(S(=O)(=O)c2cc([N+](=O)[O-])ccc2N)cc1.